The van der Waals surface area contributed by atoms with Gasteiger partial charge in [0.25, 0.3) is 0 Å². The van der Waals surface area contributed by atoms with Crippen molar-refractivity contribution in [2.75, 3.05) is 6.61 Å². The number of fused-ring (bicyclic) bond motifs is 1. The van der Waals surface area contributed by atoms with Gasteiger partial charge in [-0.3, -0.25) is 5.73 Å². The van der Waals surface area contributed by atoms with E-state index in [9.17, 15) is 8.78 Å². The minimum atomic E-state index is -0.980. The molecule has 2 aliphatic carbocycles. The van der Waals surface area contributed by atoms with Crippen LogP contribution in [-0.4, -0.2) is 12.8 Å². The lowest BCUT2D eigenvalue weighted by Gasteiger charge is -2.37. The van der Waals surface area contributed by atoms with Gasteiger partial charge >= 0.3 is 0 Å². The Hall–Kier alpha value is -1.62. The van der Waals surface area contributed by atoms with Crippen LogP contribution in [0.2, 0.25) is 0 Å². The summed E-state index contributed by atoms with van der Waals surface area (Å²) in [5.41, 5.74) is 6.33. The second-order valence-electron chi connectivity index (χ2n) is 9.19. The largest absolute Gasteiger partial charge is 0.490 e. The van der Waals surface area contributed by atoms with Crippen LogP contribution in [0.25, 0.3) is 0 Å². The molecule has 3 nitrogen and oxygen atoms in total. The Bertz CT molecular complexity index is 722. The van der Waals surface area contributed by atoms with Crippen molar-refractivity contribution in [3.8, 4) is 11.5 Å². The summed E-state index contributed by atoms with van der Waals surface area (Å²) >= 11 is 0. The monoisotopic (exact) mass is 405 g/mol. The fourth-order valence-corrected chi connectivity index (χ4v) is 5.45. The van der Waals surface area contributed by atoms with Crippen LogP contribution in [0.3, 0.4) is 0 Å². The van der Waals surface area contributed by atoms with Crippen molar-refractivity contribution in [3.05, 3.63) is 35.9 Å². The molecule has 1 atom stereocenters. The van der Waals surface area contributed by atoms with Gasteiger partial charge in [0, 0.05) is 12.0 Å². The van der Waals surface area contributed by atoms with Crippen LogP contribution in [-0.2, 0) is 6.42 Å². The predicted octanol–water partition coefficient (Wildman–Crippen LogP) is 5.75. The molecule has 2 fully saturated rings. The van der Waals surface area contributed by atoms with Gasteiger partial charge in [-0.25, -0.2) is 0 Å². The molecule has 1 heterocycles. The molecule has 0 radical (unpaired) electrons. The predicted molar refractivity (Wildman–Crippen MR) is 110 cm³/mol. The maximum absolute atomic E-state index is 14.4. The van der Waals surface area contributed by atoms with Gasteiger partial charge in [0.15, 0.2) is 11.5 Å². The van der Waals surface area contributed by atoms with E-state index in [0.717, 1.165) is 24.7 Å². The van der Waals surface area contributed by atoms with Crippen LogP contribution in [0, 0.1) is 35.3 Å². The van der Waals surface area contributed by atoms with Gasteiger partial charge in [-0.2, -0.15) is 8.78 Å². The van der Waals surface area contributed by atoms with Gasteiger partial charge in [0.1, 0.15) is 6.23 Å². The van der Waals surface area contributed by atoms with Crippen LogP contribution in [0.5, 0.6) is 11.5 Å². The highest BCUT2D eigenvalue weighted by Gasteiger charge is 2.31. The molecular weight excluding hydrogens is 372 g/mol. The summed E-state index contributed by atoms with van der Waals surface area (Å²) in [5, 5.41) is 0. The summed E-state index contributed by atoms with van der Waals surface area (Å²) in [6.45, 7) is 4.39. The molecule has 160 valence electrons. The lowest BCUT2D eigenvalue weighted by molar-refractivity contribution is 0.126. The van der Waals surface area contributed by atoms with Crippen molar-refractivity contribution in [1.29, 1.82) is 0 Å². The van der Waals surface area contributed by atoms with Crippen LogP contribution in [0.15, 0.2) is 18.7 Å². The average Bonchev–Trinajstić information content (AvgIpc) is 2.76. The summed E-state index contributed by atoms with van der Waals surface area (Å²) in [7, 11) is 0. The fourth-order valence-electron chi connectivity index (χ4n) is 5.45. The maximum atomic E-state index is 14.4. The van der Waals surface area contributed by atoms with Gasteiger partial charge in [0.2, 0.25) is 11.6 Å². The lowest BCUT2D eigenvalue weighted by Crippen LogP contribution is -2.32. The third-order valence-corrected chi connectivity index (χ3v) is 7.36. The highest BCUT2D eigenvalue weighted by molar-refractivity contribution is 5.44. The van der Waals surface area contributed by atoms with E-state index in [1.165, 1.54) is 38.5 Å². The second-order valence-corrected chi connectivity index (χ2v) is 9.19. The first-order valence-electron chi connectivity index (χ1n) is 11.2. The number of rotatable bonds is 5. The molecule has 0 bridgehead atoms. The third kappa shape index (κ3) is 4.60. The first kappa shape index (κ1) is 20.6. The number of hydrogen-bond donors (Lipinski definition) is 1. The molecule has 5 heteroatoms. The Labute approximate surface area is 172 Å². The van der Waals surface area contributed by atoms with Crippen molar-refractivity contribution in [1.82, 2.24) is 0 Å². The third-order valence-electron chi connectivity index (χ3n) is 7.36. The molecule has 0 saturated heterocycles. The molecular formula is C24H33F2NO2. The van der Waals surface area contributed by atoms with Gasteiger partial charge in [-0.05, 0) is 87.5 Å². The molecule has 2 N–H and O–H groups in total. The number of benzene rings is 1. The average molecular weight is 406 g/mol. The molecule has 1 aromatic rings. The summed E-state index contributed by atoms with van der Waals surface area (Å²) in [6.07, 6.45) is 12.6. The summed E-state index contributed by atoms with van der Waals surface area (Å²) < 4.78 is 39.8. The zero-order valence-electron chi connectivity index (χ0n) is 17.2. The van der Waals surface area contributed by atoms with E-state index < -0.39 is 17.9 Å². The summed E-state index contributed by atoms with van der Waals surface area (Å²) in [6, 6.07) is 1.59. The number of halogens is 2. The van der Waals surface area contributed by atoms with Crippen LogP contribution in [0.1, 0.15) is 63.4 Å². The highest BCUT2D eigenvalue weighted by Crippen LogP contribution is 2.42. The molecule has 1 aliphatic heterocycles. The molecule has 4 rings (SSSR count). The number of aryl methyl sites for hydroxylation is 1. The van der Waals surface area contributed by atoms with Gasteiger partial charge < -0.3 is 9.47 Å². The molecule has 0 spiro atoms. The Morgan fingerprint density at radius 2 is 1.66 bits per heavy atom. The zero-order valence-corrected chi connectivity index (χ0v) is 17.2. The minimum Gasteiger partial charge on any atom is -0.490 e. The highest BCUT2D eigenvalue weighted by atomic mass is 19.2. The van der Waals surface area contributed by atoms with Crippen molar-refractivity contribution < 1.29 is 18.3 Å². The van der Waals surface area contributed by atoms with E-state index in [0.29, 0.717) is 36.8 Å². The number of hydrogen-bond acceptors (Lipinski definition) is 3. The van der Waals surface area contributed by atoms with E-state index in [1.807, 2.05) is 0 Å². The second kappa shape index (κ2) is 9.03. The first-order valence-corrected chi connectivity index (χ1v) is 11.2. The van der Waals surface area contributed by atoms with Crippen LogP contribution in [0.4, 0.5) is 8.78 Å². The summed E-state index contributed by atoms with van der Waals surface area (Å²) in [4.78, 5) is 0. The zero-order chi connectivity index (χ0) is 20.4. The Kier molecular flexibility index (Phi) is 6.43. The van der Waals surface area contributed by atoms with E-state index >= 15 is 0 Å². The molecule has 0 aromatic heterocycles. The minimum absolute atomic E-state index is 0.00481. The van der Waals surface area contributed by atoms with Crippen molar-refractivity contribution in [3.63, 3.8) is 0 Å². The van der Waals surface area contributed by atoms with Crippen molar-refractivity contribution in [2.24, 2.45) is 29.4 Å². The Morgan fingerprint density at radius 1 is 1.00 bits per heavy atom. The maximum Gasteiger partial charge on any atom is 0.204 e. The topological polar surface area (TPSA) is 44.5 Å². The van der Waals surface area contributed by atoms with E-state index in [-0.39, 0.29) is 11.5 Å². The van der Waals surface area contributed by atoms with Crippen molar-refractivity contribution >= 4 is 0 Å². The number of nitrogens with two attached hydrogens (primary N) is 1. The van der Waals surface area contributed by atoms with Crippen LogP contribution < -0.4 is 15.2 Å². The normalized spacial score (nSPS) is 32.2. The molecule has 0 amide bonds. The Morgan fingerprint density at radius 3 is 2.31 bits per heavy atom. The fraction of sp³-hybridized carbons (Fsp3) is 0.667. The van der Waals surface area contributed by atoms with E-state index in [4.69, 9.17) is 15.2 Å². The number of allylic oxidation sites excluding steroid dienone is 1. The number of ether oxygens (including phenoxy) is 2. The molecule has 3 aliphatic rings. The quantitative estimate of drug-likeness (QED) is 0.634. The van der Waals surface area contributed by atoms with Crippen LogP contribution >= 0.6 is 0 Å². The Balaban J connectivity index is 1.29. The van der Waals surface area contributed by atoms with Crippen molar-refractivity contribution in [2.45, 2.75) is 70.4 Å². The standard InChI is InChI=1S/C24H33F2NO2/c1-2-15-3-7-17(8-4-15)18-9-5-16(6-10-18)14-28-20-13-19-11-12-21(27)29-24(19)23(26)22(20)25/h2,13,15-18,21H,1,3-12,14,27H2. The van der Waals surface area contributed by atoms with E-state index in [2.05, 4.69) is 12.7 Å². The lowest BCUT2D eigenvalue weighted by atomic mass is 9.69. The van der Waals surface area contributed by atoms with Gasteiger partial charge in [-0.15, -0.1) is 6.58 Å². The van der Waals surface area contributed by atoms with E-state index in [1.54, 1.807) is 6.07 Å². The SMILES string of the molecule is C=CC1CCC(C2CCC(COc3cc4c(c(F)c3F)OC(N)CC4)CC2)CC1. The first-order chi connectivity index (χ1) is 14.0. The van der Waals surface area contributed by atoms with Gasteiger partial charge in [-0.1, -0.05) is 6.08 Å². The molecule has 29 heavy (non-hydrogen) atoms. The molecule has 2 saturated carbocycles. The smallest absolute Gasteiger partial charge is 0.204 e. The molecule has 1 aromatic carbocycles. The summed E-state index contributed by atoms with van der Waals surface area (Å²) in [5.74, 6) is 0.799. The van der Waals surface area contributed by atoms with Gasteiger partial charge in [0.05, 0.1) is 6.61 Å². The molecule has 1 unspecified atom stereocenters.